The number of nitrogens with zero attached hydrogens (tertiary/aromatic N) is 1. The van der Waals surface area contributed by atoms with Crippen LogP contribution in [-0.2, 0) is 11.3 Å². The summed E-state index contributed by atoms with van der Waals surface area (Å²) in [7, 11) is 1.71. The molecule has 1 aliphatic carbocycles. The second kappa shape index (κ2) is 7.11. The molecule has 4 nitrogen and oxygen atoms in total. The summed E-state index contributed by atoms with van der Waals surface area (Å²) >= 11 is 1.93. The lowest BCUT2D eigenvalue weighted by atomic mass is 9.88. The highest BCUT2D eigenvalue weighted by Gasteiger charge is 2.34. The number of amides is 1. The van der Waals surface area contributed by atoms with Crippen molar-refractivity contribution in [1.82, 2.24) is 10.2 Å². The van der Waals surface area contributed by atoms with Crippen LogP contribution < -0.4 is 11.1 Å². The van der Waals surface area contributed by atoms with Gasteiger partial charge in [0.05, 0.1) is 6.04 Å². The third-order valence-electron chi connectivity index (χ3n) is 5.03. The average molecular weight is 321 g/mol. The summed E-state index contributed by atoms with van der Waals surface area (Å²) in [6.07, 6.45) is 7.59. The minimum Gasteiger partial charge on any atom is -0.358 e. The van der Waals surface area contributed by atoms with Crippen molar-refractivity contribution in [2.24, 2.45) is 5.73 Å². The quantitative estimate of drug-likeness (QED) is 0.895. The van der Waals surface area contributed by atoms with E-state index in [1.807, 2.05) is 11.3 Å². The van der Waals surface area contributed by atoms with E-state index < -0.39 is 0 Å². The number of hydrogen-bond acceptors (Lipinski definition) is 4. The molecule has 3 N–H and O–H groups in total. The molecule has 122 valence electrons. The summed E-state index contributed by atoms with van der Waals surface area (Å²) in [5, 5.41) is 2.77. The fourth-order valence-electron chi connectivity index (χ4n) is 3.84. The molecule has 1 amide bonds. The fourth-order valence-corrected chi connectivity index (χ4v) is 5.05. The summed E-state index contributed by atoms with van der Waals surface area (Å²) in [5.74, 6) is 0.861. The molecule has 2 fully saturated rings. The topological polar surface area (TPSA) is 58.4 Å². The van der Waals surface area contributed by atoms with Crippen LogP contribution >= 0.6 is 11.3 Å². The number of likely N-dealkylation sites (tertiary alicyclic amines) is 1. The van der Waals surface area contributed by atoms with Crippen LogP contribution in [0.15, 0.2) is 12.1 Å². The Morgan fingerprint density at radius 2 is 2.14 bits per heavy atom. The van der Waals surface area contributed by atoms with Crippen molar-refractivity contribution in [2.75, 3.05) is 13.6 Å². The first kappa shape index (κ1) is 16.0. The zero-order valence-electron chi connectivity index (χ0n) is 13.4. The molecule has 0 bridgehead atoms. The van der Waals surface area contributed by atoms with Gasteiger partial charge >= 0.3 is 0 Å². The summed E-state index contributed by atoms with van der Waals surface area (Å²) in [5.41, 5.74) is 6.07. The van der Waals surface area contributed by atoms with Crippen LogP contribution in [0.1, 0.15) is 54.2 Å². The zero-order valence-corrected chi connectivity index (χ0v) is 14.2. The van der Waals surface area contributed by atoms with Gasteiger partial charge in [0.25, 0.3) is 0 Å². The van der Waals surface area contributed by atoms with Crippen molar-refractivity contribution in [2.45, 2.75) is 63.1 Å². The molecule has 1 aromatic rings. The average Bonchev–Trinajstić information content (AvgIpc) is 3.14. The smallest absolute Gasteiger partial charge is 0.237 e. The van der Waals surface area contributed by atoms with Gasteiger partial charge in [-0.2, -0.15) is 0 Å². The largest absolute Gasteiger partial charge is 0.358 e. The third kappa shape index (κ3) is 3.53. The number of nitrogens with one attached hydrogen (secondary N) is 1. The Labute approximate surface area is 137 Å². The minimum absolute atomic E-state index is 0.0692. The van der Waals surface area contributed by atoms with Gasteiger partial charge in [-0.3, -0.25) is 9.69 Å². The Morgan fingerprint density at radius 1 is 1.36 bits per heavy atom. The monoisotopic (exact) mass is 321 g/mol. The highest BCUT2D eigenvalue weighted by Crippen LogP contribution is 2.37. The van der Waals surface area contributed by atoms with Gasteiger partial charge < -0.3 is 11.1 Å². The van der Waals surface area contributed by atoms with Crippen LogP contribution in [0.25, 0.3) is 0 Å². The minimum atomic E-state index is -0.0692. The Kier molecular flexibility index (Phi) is 5.16. The lowest BCUT2D eigenvalue weighted by Gasteiger charge is -2.22. The fraction of sp³-hybridized carbons (Fsp3) is 0.706. The molecule has 0 radical (unpaired) electrons. The van der Waals surface area contributed by atoms with Gasteiger partial charge in [0.2, 0.25) is 5.91 Å². The molecule has 0 spiro atoms. The van der Waals surface area contributed by atoms with E-state index in [1.165, 1.54) is 41.9 Å². The second-order valence-corrected chi connectivity index (χ2v) is 7.89. The Hall–Kier alpha value is -0.910. The van der Waals surface area contributed by atoms with Crippen LogP contribution in [0.5, 0.6) is 0 Å². The highest BCUT2D eigenvalue weighted by molar-refractivity contribution is 7.12. The molecule has 5 heteroatoms. The predicted octanol–water partition coefficient (Wildman–Crippen LogP) is 2.44. The van der Waals surface area contributed by atoms with Crippen LogP contribution in [0, 0.1) is 0 Å². The molecular formula is C17H27N3OS. The molecule has 1 saturated heterocycles. The standard InChI is InChI=1S/C17H27N3OS/c1-19-17(21)15-9-13(18)10-20(15)11-14-7-8-16(22-14)12-5-3-2-4-6-12/h7-8,12-13,15H,2-6,9-11,18H2,1H3,(H,19,21)/t13-,15+/m1/s1. The van der Waals surface area contributed by atoms with E-state index in [9.17, 15) is 4.79 Å². The third-order valence-corrected chi connectivity index (χ3v) is 6.27. The number of thiophene rings is 1. The van der Waals surface area contributed by atoms with Gasteiger partial charge in [-0.15, -0.1) is 11.3 Å². The molecular weight excluding hydrogens is 294 g/mol. The first-order valence-electron chi connectivity index (χ1n) is 8.47. The lowest BCUT2D eigenvalue weighted by Crippen LogP contribution is -2.41. The first-order valence-corrected chi connectivity index (χ1v) is 9.29. The first-order chi connectivity index (χ1) is 10.7. The summed E-state index contributed by atoms with van der Waals surface area (Å²) in [4.78, 5) is 17.1. The molecule has 0 unspecified atom stereocenters. The van der Waals surface area contributed by atoms with E-state index in [-0.39, 0.29) is 18.0 Å². The van der Waals surface area contributed by atoms with Gasteiger partial charge in [0, 0.05) is 35.9 Å². The van der Waals surface area contributed by atoms with Crippen molar-refractivity contribution in [1.29, 1.82) is 0 Å². The number of rotatable bonds is 4. The van der Waals surface area contributed by atoms with Crippen molar-refractivity contribution in [3.8, 4) is 0 Å². The normalized spacial score (nSPS) is 27.2. The lowest BCUT2D eigenvalue weighted by molar-refractivity contribution is -0.125. The van der Waals surface area contributed by atoms with E-state index in [2.05, 4.69) is 22.3 Å². The molecule has 1 saturated carbocycles. The SMILES string of the molecule is CNC(=O)[C@@H]1C[C@@H](N)CN1Cc1ccc(C2CCCCC2)s1. The molecule has 1 aromatic heterocycles. The van der Waals surface area contributed by atoms with Gasteiger partial charge in [-0.25, -0.2) is 0 Å². The zero-order chi connectivity index (χ0) is 15.5. The number of hydrogen-bond donors (Lipinski definition) is 2. The van der Waals surface area contributed by atoms with Gasteiger partial charge in [-0.05, 0) is 37.3 Å². The second-order valence-electron chi connectivity index (χ2n) is 6.69. The van der Waals surface area contributed by atoms with Crippen molar-refractivity contribution in [3.05, 3.63) is 21.9 Å². The summed E-state index contributed by atoms with van der Waals surface area (Å²) < 4.78 is 0. The van der Waals surface area contributed by atoms with Crippen LogP contribution in [0.4, 0.5) is 0 Å². The summed E-state index contributed by atoms with van der Waals surface area (Å²) in [6.45, 7) is 1.66. The number of nitrogens with two attached hydrogens (primary N) is 1. The number of carbonyl (C=O) groups excluding carboxylic acids is 1. The Bertz CT molecular complexity index is 510. The molecule has 2 atom stereocenters. The van der Waals surface area contributed by atoms with E-state index in [1.54, 1.807) is 7.05 Å². The Balaban J connectivity index is 1.65. The van der Waals surface area contributed by atoms with E-state index in [0.717, 1.165) is 25.4 Å². The van der Waals surface area contributed by atoms with Crippen LogP contribution in [-0.4, -0.2) is 36.5 Å². The van der Waals surface area contributed by atoms with Crippen molar-refractivity contribution < 1.29 is 4.79 Å². The van der Waals surface area contributed by atoms with E-state index in [0.29, 0.717) is 0 Å². The summed E-state index contributed by atoms with van der Waals surface area (Å²) in [6, 6.07) is 4.60. The van der Waals surface area contributed by atoms with Crippen molar-refractivity contribution in [3.63, 3.8) is 0 Å². The molecule has 2 aliphatic rings. The van der Waals surface area contributed by atoms with E-state index >= 15 is 0 Å². The van der Waals surface area contributed by atoms with Crippen LogP contribution in [0.3, 0.4) is 0 Å². The Morgan fingerprint density at radius 3 is 2.86 bits per heavy atom. The van der Waals surface area contributed by atoms with Gasteiger partial charge in [0.1, 0.15) is 0 Å². The number of carbonyl (C=O) groups is 1. The van der Waals surface area contributed by atoms with Gasteiger partial charge in [-0.1, -0.05) is 19.3 Å². The molecule has 22 heavy (non-hydrogen) atoms. The highest BCUT2D eigenvalue weighted by atomic mass is 32.1. The maximum absolute atomic E-state index is 12.0. The maximum Gasteiger partial charge on any atom is 0.237 e. The van der Waals surface area contributed by atoms with Crippen molar-refractivity contribution >= 4 is 17.2 Å². The number of likely N-dealkylation sites (N-methyl/N-ethyl adjacent to an activating group) is 1. The molecule has 0 aromatic carbocycles. The molecule has 3 rings (SSSR count). The molecule has 2 heterocycles. The molecule has 1 aliphatic heterocycles. The maximum atomic E-state index is 12.0. The predicted molar refractivity (Wildman–Crippen MR) is 91.0 cm³/mol. The van der Waals surface area contributed by atoms with E-state index in [4.69, 9.17) is 5.73 Å². The van der Waals surface area contributed by atoms with Crippen LogP contribution in [0.2, 0.25) is 0 Å². The van der Waals surface area contributed by atoms with Gasteiger partial charge in [0.15, 0.2) is 0 Å².